The molecule has 0 aromatic heterocycles. The summed E-state index contributed by atoms with van der Waals surface area (Å²) >= 11 is 0. The Bertz CT molecular complexity index is 1210. The summed E-state index contributed by atoms with van der Waals surface area (Å²) in [5.41, 5.74) is 0. The second-order valence-electron chi connectivity index (χ2n) is 15.6. The molecule has 19 heteroatoms. The van der Waals surface area contributed by atoms with Crippen molar-refractivity contribution in [2.75, 3.05) is 19.8 Å². The van der Waals surface area contributed by atoms with Crippen LogP contribution in [0.5, 0.6) is 0 Å². The molecule has 344 valence electrons. The second kappa shape index (κ2) is 28.9. The predicted octanol–water partition coefficient (Wildman–Crippen LogP) is 1.14. The number of aliphatic hydroxyl groups is 7. The van der Waals surface area contributed by atoms with Crippen molar-refractivity contribution in [1.82, 2.24) is 0 Å². The standard InChI is InChI=1S/C40H70O19/c1-4-5-13-16-27(44)20-32(48)58-38-33(49)29(22-53-24(2)41)56-40(36(38)52)59-37-30(23-54-25(3)42)57-39(35(51)34(37)50)55-21-28(45)18-15-12-10-8-6-7-9-11-14-17-26(43)19-31(46)47/h26-30,33-40,43-45,49-52H,4-23H2,1-3H3,(H,46,47)/t26-,27+,28-,29-,30-,33-,34-,35-,36-,37-,38+,39-,40+/m1/s1. The van der Waals surface area contributed by atoms with E-state index in [0.717, 1.165) is 78.1 Å². The minimum absolute atomic E-state index is 0.230. The molecule has 0 bridgehead atoms. The van der Waals surface area contributed by atoms with Crippen LogP contribution in [0.25, 0.3) is 0 Å². The van der Waals surface area contributed by atoms with Gasteiger partial charge in [-0.1, -0.05) is 84.0 Å². The summed E-state index contributed by atoms with van der Waals surface area (Å²) in [4.78, 5) is 46.7. The molecule has 0 aliphatic carbocycles. The number of rotatable bonds is 30. The van der Waals surface area contributed by atoms with Gasteiger partial charge >= 0.3 is 23.9 Å². The van der Waals surface area contributed by atoms with Gasteiger partial charge in [-0.3, -0.25) is 19.2 Å². The first-order valence-electron chi connectivity index (χ1n) is 21.1. The van der Waals surface area contributed by atoms with Crippen molar-refractivity contribution >= 4 is 23.9 Å². The lowest BCUT2D eigenvalue weighted by atomic mass is 9.96. The molecule has 2 saturated heterocycles. The van der Waals surface area contributed by atoms with Crippen LogP contribution < -0.4 is 0 Å². The van der Waals surface area contributed by atoms with Crippen molar-refractivity contribution in [1.29, 1.82) is 0 Å². The molecule has 13 atom stereocenters. The van der Waals surface area contributed by atoms with Crippen molar-refractivity contribution in [2.45, 2.75) is 210 Å². The fraction of sp³-hybridized carbons (Fsp3) is 0.900. The molecule has 2 fully saturated rings. The number of esters is 3. The highest BCUT2D eigenvalue weighted by Gasteiger charge is 2.53. The van der Waals surface area contributed by atoms with E-state index in [2.05, 4.69) is 0 Å². The lowest BCUT2D eigenvalue weighted by molar-refractivity contribution is -0.360. The summed E-state index contributed by atoms with van der Waals surface area (Å²) in [5.74, 6) is -3.38. The minimum atomic E-state index is -1.91. The second-order valence-corrected chi connectivity index (χ2v) is 15.6. The molecule has 19 nitrogen and oxygen atoms in total. The number of carboxylic acids is 1. The largest absolute Gasteiger partial charge is 0.481 e. The molecular formula is C40H70O19. The molecule has 0 aromatic rings. The van der Waals surface area contributed by atoms with E-state index in [1.165, 1.54) is 0 Å². The minimum Gasteiger partial charge on any atom is -0.481 e. The normalized spacial score (nSPS) is 28.6. The number of aliphatic hydroxyl groups excluding tert-OH is 7. The number of hydrogen-bond acceptors (Lipinski definition) is 18. The number of ether oxygens (including phenoxy) is 7. The van der Waals surface area contributed by atoms with Crippen LogP contribution in [0.1, 0.15) is 130 Å². The Balaban J connectivity index is 1.94. The average Bonchev–Trinajstić information content (AvgIpc) is 3.16. The maximum absolute atomic E-state index is 12.8. The van der Waals surface area contributed by atoms with E-state index in [4.69, 9.17) is 38.3 Å². The lowest BCUT2D eigenvalue weighted by Crippen LogP contribution is -2.65. The van der Waals surface area contributed by atoms with Crippen molar-refractivity contribution in [3.63, 3.8) is 0 Å². The maximum Gasteiger partial charge on any atom is 0.308 e. The van der Waals surface area contributed by atoms with E-state index in [9.17, 15) is 54.9 Å². The fourth-order valence-electron chi connectivity index (χ4n) is 6.91. The van der Waals surface area contributed by atoms with Crippen molar-refractivity contribution in [3.8, 4) is 0 Å². The number of unbranched alkanes of at least 4 members (excludes halogenated alkanes) is 10. The molecule has 59 heavy (non-hydrogen) atoms. The highest BCUT2D eigenvalue weighted by molar-refractivity contribution is 5.70. The van der Waals surface area contributed by atoms with Crippen molar-refractivity contribution < 1.29 is 93.2 Å². The highest BCUT2D eigenvalue weighted by atomic mass is 16.7. The molecule has 2 aliphatic heterocycles. The Morgan fingerprint density at radius 3 is 1.61 bits per heavy atom. The Hall–Kier alpha value is -2.56. The van der Waals surface area contributed by atoms with E-state index in [1.54, 1.807) is 0 Å². The summed E-state index contributed by atoms with van der Waals surface area (Å²) in [6, 6.07) is 0. The molecule has 0 unspecified atom stereocenters. The van der Waals surface area contributed by atoms with E-state index in [0.29, 0.717) is 32.1 Å². The third kappa shape index (κ3) is 20.7. The van der Waals surface area contributed by atoms with Crippen LogP contribution in [0.2, 0.25) is 0 Å². The summed E-state index contributed by atoms with van der Waals surface area (Å²) in [5, 5.41) is 83.7. The summed E-state index contributed by atoms with van der Waals surface area (Å²) in [6.45, 7) is 2.90. The third-order valence-electron chi connectivity index (χ3n) is 10.2. The van der Waals surface area contributed by atoms with Gasteiger partial charge in [-0.25, -0.2) is 0 Å². The first kappa shape index (κ1) is 52.6. The number of carbonyl (C=O) groups excluding carboxylic acids is 3. The zero-order valence-electron chi connectivity index (χ0n) is 34.7. The molecule has 8 N–H and O–H groups in total. The average molecular weight is 855 g/mol. The zero-order valence-corrected chi connectivity index (χ0v) is 34.7. The summed E-state index contributed by atoms with van der Waals surface area (Å²) in [7, 11) is 0. The van der Waals surface area contributed by atoms with Gasteiger partial charge in [-0.05, 0) is 19.3 Å². The van der Waals surface area contributed by atoms with E-state index >= 15 is 0 Å². The lowest BCUT2D eigenvalue weighted by Gasteiger charge is -2.46. The van der Waals surface area contributed by atoms with E-state index < -0.39 is 123 Å². The number of hydrogen-bond donors (Lipinski definition) is 8. The van der Waals surface area contributed by atoms with Gasteiger partial charge in [0.05, 0.1) is 37.8 Å². The van der Waals surface area contributed by atoms with Gasteiger partial charge < -0.3 is 74.0 Å². The molecule has 0 amide bonds. The van der Waals surface area contributed by atoms with Gasteiger partial charge in [0.15, 0.2) is 18.7 Å². The molecule has 0 saturated carbocycles. The van der Waals surface area contributed by atoms with Crippen LogP contribution in [0, 0.1) is 0 Å². The van der Waals surface area contributed by atoms with Crippen LogP contribution in [0.15, 0.2) is 0 Å². The molecule has 0 aromatic carbocycles. The third-order valence-corrected chi connectivity index (χ3v) is 10.2. The van der Waals surface area contributed by atoms with E-state index in [-0.39, 0.29) is 13.0 Å². The van der Waals surface area contributed by atoms with Gasteiger partial charge in [0.25, 0.3) is 0 Å². The first-order valence-corrected chi connectivity index (χ1v) is 21.1. The smallest absolute Gasteiger partial charge is 0.308 e. The molecule has 2 rings (SSSR count). The van der Waals surface area contributed by atoms with Gasteiger partial charge in [0.1, 0.15) is 55.9 Å². The Morgan fingerprint density at radius 2 is 1.07 bits per heavy atom. The van der Waals surface area contributed by atoms with Crippen LogP contribution >= 0.6 is 0 Å². The SMILES string of the molecule is CCCCC[C@H](O)CC(=O)O[C@@H]1[C@@H](O)[C@H](O[C@H]2[C@H](O)[C@@H](O)[C@H](OC[C@H](O)CCCCCCCCCCC[C@@H](O)CC(=O)O)O[C@@H]2COC(C)=O)O[C@H](COC(C)=O)[C@H]1O. The Morgan fingerprint density at radius 1 is 0.576 bits per heavy atom. The van der Waals surface area contributed by atoms with Gasteiger partial charge in [-0.15, -0.1) is 0 Å². The van der Waals surface area contributed by atoms with Gasteiger partial charge in [0.2, 0.25) is 0 Å². The monoisotopic (exact) mass is 854 g/mol. The Labute approximate surface area is 346 Å². The summed E-state index contributed by atoms with van der Waals surface area (Å²) < 4.78 is 38.6. The van der Waals surface area contributed by atoms with Crippen LogP contribution in [0.3, 0.4) is 0 Å². The highest BCUT2D eigenvalue weighted by Crippen LogP contribution is 2.31. The number of carbonyl (C=O) groups is 4. The van der Waals surface area contributed by atoms with Crippen molar-refractivity contribution in [3.05, 3.63) is 0 Å². The molecule has 0 spiro atoms. The number of carboxylic acid groups (broad SMARTS) is 1. The van der Waals surface area contributed by atoms with Gasteiger partial charge in [0, 0.05) is 13.8 Å². The molecule has 2 aliphatic rings. The predicted molar refractivity (Wildman–Crippen MR) is 205 cm³/mol. The summed E-state index contributed by atoms with van der Waals surface area (Å²) in [6.07, 6.45) is -7.97. The molecule has 0 radical (unpaired) electrons. The van der Waals surface area contributed by atoms with Crippen LogP contribution in [-0.2, 0) is 52.3 Å². The fourth-order valence-corrected chi connectivity index (χ4v) is 6.91. The van der Waals surface area contributed by atoms with Crippen LogP contribution in [0.4, 0.5) is 0 Å². The molecular weight excluding hydrogens is 784 g/mol. The number of aliphatic carboxylic acids is 1. The Kier molecular flexibility index (Phi) is 25.7. The zero-order chi connectivity index (χ0) is 43.9. The van der Waals surface area contributed by atoms with Crippen LogP contribution in [-0.4, -0.2) is 164 Å². The molecule has 2 heterocycles. The first-order chi connectivity index (χ1) is 28.0. The topological polar surface area (TPSA) is 295 Å². The maximum atomic E-state index is 12.8. The van der Waals surface area contributed by atoms with Crippen molar-refractivity contribution in [2.24, 2.45) is 0 Å². The van der Waals surface area contributed by atoms with Gasteiger partial charge in [-0.2, -0.15) is 0 Å². The quantitative estimate of drug-likeness (QED) is 0.0285. The van der Waals surface area contributed by atoms with E-state index in [1.807, 2.05) is 6.92 Å².